The Balaban J connectivity index is 1.87. The molecule has 0 spiro atoms. The third kappa shape index (κ3) is 1.94. The highest BCUT2D eigenvalue weighted by Crippen LogP contribution is 2.46. The first-order chi connectivity index (χ1) is 7.68. The van der Waals surface area contributed by atoms with Gasteiger partial charge in [0.2, 0.25) is 5.91 Å². The first-order valence-corrected chi connectivity index (χ1v) is 5.47. The van der Waals surface area contributed by atoms with Crippen molar-refractivity contribution in [2.45, 2.75) is 19.3 Å². The van der Waals surface area contributed by atoms with Crippen molar-refractivity contribution in [3.63, 3.8) is 0 Å². The Labute approximate surface area is 94.9 Å². The molecule has 0 aromatic carbocycles. The molecule has 1 heterocycles. The predicted molar refractivity (Wildman–Crippen MR) is 59.4 cm³/mol. The molecule has 1 amide bonds. The van der Waals surface area contributed by atoms with Crippen LogP contribution in [0.25, 0.3) is 0 Å². The average molecular weight is 217 g/mol. The van der Waals surface area contributed by atoms with Crippen molar-refractivity contribution >= 4 is 5.91 Å². The molecule has 2 rings (SSSR count). The standard InChI is InChI=1S/C12H15N3O/c1-15(8-4-10-3-2-7-14-10)11(16)12(9-13)5-6-12/h2-3,7,14H,4-6,8H2,1H3. The van der Waals surface area contributed by atoms with Crippen LogP contribution in [0.3, 0.4) is 0 Å². The van der Waals surface area contributed by atoms with E-state index < -0.39 is 5.41 Å². The Hall–Kier alpha value is -1.76. The Kier molecular flexibility index (Phi) is 2.69. The normalized spacial score (nSPS) is 16.5. The van der Waals surface area contributed by atoms with Gasteiger partial charge in [0.05, 0.1) is 6.07 Å². The van der Waals surface area contributed by atoms with Crippen LogP contribution in [0.4, 0.5) is 0 Å². The number of nitrogens with one attached hydrogen (secondary N) is 1. The summed E-state index contributed by atoms with van der Waals surface area (Å²) in [6.07, 6.45) is 4.11. The van der Waals surface area contributed by atoms with Crippen LogP contribution in [0.15, 0.2) is 18.3 Å². The van der Waals surface area contributed by atoms with Gasteiger partial charge in [-0.2, -0.15) is 5.26 Å². The van der Waals surface area contributed by atoms with E-state index in [2.05, 4.69) is 11.1 Å². The van der Waals surface area contributed by atoms with Crippen LogP contribution in [-0.4, -0.2) is 29.4 Å². The molecule has 1 fully saturated rings. The summed E-state index contributed by atoms with van der Waals surface area (Å²) in [5.74, 6) is -0.0263. The number of nitriles is 1. The molecule has 4 nitrogen and oxygen atoms in total. The van der Waals surface area contributed by atoms with E-state index in [4.69, 9.17) is 5.26 Å². The minimum Gasteiger partial charge on any atom is -0.365 e. The van der Waals surface area contributed by atoms with Gasteiger partial charge in [-0.3, -0.25) is 4.79 Å². The predicted octanol–water partition coefficient (Wildman–Crippen LogP) is 1.32. The second-order valence-electron chi connectivity index (χ2n) is 4.37. The Morgan fingerprint density at radius 3 is 2.94 bits per heavy atom. The maximum Gasteiger partial charge on any atom is 0.242 e. The molecular formula is C12H15N3O. The molecule has 1 aliphatic carbocycles. The summed E-state index contributed by atoms with van der Waals surface area (Å²) in [7, 11) is 1.77. The van der Waals surface area contributed by atoms with E-state index in [-0.39, 0.29) is 5.91 Å². The van der Waals surface area contributed by atoms with Crippen molar-refractivity contribution in [1.82, 2.24) is 9.88 Å². The van der Waals surface area contributed by atoms with Crippen LogP contribution < -0.4 is 0 Å². The summed E-state index contributed by atoms with van der Waals surface area (Å²) in [6.45, 7) is 0.656. The van der Waals surface area contributed by atoms with Crippen molar-refractivity contribution in [3.8, 4) is 6.07 Å². The van der Waals surface area contributed by atoms with E-state index in [1.54, 1.807) is 11.9 Å². The van der Waals surface area contributed by atoms with Crippen molar-refractivity contribution in [2.24, 2.45) is 5.41 Å². The Bertz CT molecular complexity index is 412. The van der Waals surface area contributed by atoms with E-state index in [0.717, 1.165) is 25.0 Å². The van der Waals surface area contributed by atoms with Gasteiger partial charge in [0.1, 0.15) is 5.41 Å². The maximum atomic E-state index is 11.9. The van der Waals surface area contributed by atoms with Gasteiger partial charge < -0.3 is 9.88 Å². The quantitative estimate of drug-likeness (QED) is 0.826. The molecule has 1 aromatic heterocycles. The number of likely N-dealkylation sites (N-methyl/N-ethyl adjacent to an activating group) is 1. The fraction of sp³-hybridized carbons (Fsp3) is 0.500. The zero-order valence-electron chi connectivity index (χ0n) is 9.36. The number of amides is 1. The van der Waals surface area contributed by atoms with Crippen LogP contribution in [0, 0.1) is 16.7 Å². The lowest BCUT2D eigenvalue weighted by Crippen LogP contribution is -2.34. The Morgan fingerprint density at radius 2 is 2.44 bits per heavy atom. The molecule has 1 aliphatic rings. The number of aromatic nitrogens is 1. The molecule has 1 aromatic rings. The highest BCUT2D eigenvalue weighted by Gasteiger charge is 2.51. The van der Waals surface area contributed by atoms with Gasteiger partial charge in [-0.1, -0.05) is 0 Å². The highest BCUT2D eigenvalue weighted by molar-refractivity contribution is 5.88. The zero-order chi connectivity index (χ0) is 11.6. The number of hydrogen-bond acceptors (Lipinski definition) is 2. The zero-order valence-corrected chi connectivity index (χ0v) is 9.36. The molecule has 0 atom stereocenters. The van der Waals surface area contributed by atoms with Crippen LogP contribution in [0.5, 0.6) is 0 Å². The average Bonchev–Trinajstić information content (AvgIpc) is 2.94. The molecule has 1 N–H and O–H groups in total. The van der Waals surface area contributed by atoms with Gasteiger partial charge in [-0.25, -0.2) is 0 Å². The molecule has 0 radical (unpaired) electrons. The summed E-state index contributed by atoms with van der Waals surface area (Å²) in [6, 6.07) is 6.06. The van der Waals surface area contributed by atoms with Crippen LogP contribution >= 0.6 is 0 Å². The number of hydrogen-bond donors (Lipinski definition) is 1. The summed E-state index contributed by atoms with van der Waals surface area (Å²) in [4.78, 5) is 16.7. The summed E-state index contributed by atoms with van der Waals surface area (Å²) in [5.41, 5.74) is 0.422. The maximum absolute atomic E-state index is 11.9. The van der Waals surface area contributed by atoms with Crippen molar-refractivity contribution < 1.29 is 4.79 Å². The van der Waals surface area contributed by atoms with E-state index in [1.165, 1.54) is 0 Å². The van der Waals surface area contributed by atoms with E-state index in [0.29, 0.717) is 6.54 Å². The summed E-state index contributed by atoms with van der Waals surface area (Å²) < 4.78 is 0. The van der Waals surface area contributed by atoms with Crippen molar-refractivity contribution in [2.75, 3.05) is 13.6 Å². The first-order valence-electron chi connectivity index (χ1n) is 5.47. The Morgan fingerprint density at radius 1 is 1.69 bits per heavy atom. The third-order valence-electron chi connectivity index (χ3n) is 3.10. The molecule has 16 heavy (non-hydrogen) atoms. The van der Waals surface area contributed by atoms with Gasteiger partial charge in [-0.15, -0.1) is 0 Å². The van der Waals surface area contributed by atoms with Crippen LogP contribution in [-0.2, 0) is 11.2 Å². The fourth-order valence-corrected chi connectivity index (χ4v) is 1.78. The van der Waals surface area contributed by atoms with E-state index in [9.17, 15) is 4.79 Å². The monoisotopic (exact) mass is 217 g/mol. The summed E-state index contributed by atoms with van der Waals surface area (Å²) >= 11 is 0. The van der Waals surface area contributed by atoms with Gasteiger partial charge >= 0.3 is 0 Å². The number of rotatable bonds is 4. The number of aromatic amines is 1. The summed E-state index contributed by atoms with van der Waals surface area (Å²) in [5, 5.41) is 8.92. The van der Waals surface area contributed by atoms with Crippen LogP contribution in [0.2, 0.25) is 0 Å². The van der Waals surface area contributed by atoms with Gasteiger partial charge in [0, 0.05) is 31.9 Å². The fourth-order valence-electron chi connectivity index (χ4n) is 1.78. The SMILES string of the molecule is CN(CCc1ccc[nH]1)C(=O)C1(C#N)CC1. The number of H-pyrrole nitrogens is 1. The third-order valence-corrected chi connectivity index (χ3v) is 3.10. The second-order valence-corrected chi connectivity index (χ2v) is 4.37. The molecule has 0 aliphatic heterocycles. The van der Waals surface area contributed by atoms with Crippen molar-refractivity contribution in [3.05, 3.63) is 24.0 Å². The minimum absolute atomic E-state index is 0.0263. The first kappa shape index (κ1) is 10.7. The van der Waals surface area contributed by atoms with Gasteiger partial charge in [-0.05, 0) is 25.0 Å². The smallest absolute Gasteiger partial charge is 0.242 e. The van der Waals surface area contributed by atoms with E-state index >= 15 is 0 Å². The number of carbonyl (C=O) groups excluding carboxylic acids is 1. The molecule has 4 heteroatoms. The molecule has 0 unspecified atom stereocenters. The topological polar surface area (TPSA) is 59.9 Å². The lowest BCUT2D eigenvalue weighted by molar-refractivity contribution is -0.133. The molecule has 0 saturated heterocycles. The lowest BCUT2D eigenvalue weighted by atomic mass is 10.1. The highest BCUT2D eigenvalue weighted by atomic mass is 16.2. The number of nitrogens with zero attached hydrogens (tertiary/aromatic N) is 2. The second kappa shape index (κ2) is 4.01. The molecular weight excluding hydrogens is 202 g/mol. The molecule has 1 saturated carbocycles. The lowest BCUT2D eigenvalue weighted by Gasteiger charge is -2.19. The largest absolute Gasteiger partial charge is 0.365 e. The molecule has 0 bridgehead atoms. The van der Waals surface area contributed by atoms with Crippen LogP contribution in [0.1, 0.15) is 18.5 Å². The van der Waals surface area contributed by atoms with E-state index in [1.807, 2.05) is 18.3 Å². The van der Waals surface area contributed by atoms with Crippen molar-refractivity contribution in [1.29, 1.82) is 5.26 Å². The molecule has 84 valence electrons. The minimum atomic E-state index is -0.690. The number of carbonyl (C=O) groups is 1. The van der Waals surface area contributed by atoms with Gasteiger partial charge in [0.15, 0.2) is 0 Å². The van der Waals surface area contributed by atoms with Gasteiger partial charge in [0.25, 0.3) is 0 Å².